The van der Waals surface area contributed by atoms with Crippen molar-refractivity contribution in [3.05, 3.63) is 35.1 Å². The molecule has 2 aromatic heterocycles. The molecule has 2 nitrogen and oxygen atoms in total. The summed E-state index contributed by atoms with van der Waals surface area (Å²) in [6.07, 6.45) is -3.37. The number of alkyl halides is 3. The Kier molecular flexibility index (Phi) is 2.67. The van der Waals surface area contributed by atoms with Crippen molar-refractivity contribution in [1.82, 2.24) is 9.97 Å². The number of halogens is 3. The average molecular weight is 244 g/mol. The Morgan fingerprint density at radius 2 is 2.00 bits per heavy atom. The zero-order valence-electron chi connectivity index (χ0n) is 8.25. The van der Waals surface area contributed by atoms with Crippen LogP contribution in [0.2, 0.25) is 0 Å². The highest BCUT2D eigenvalue weighted by Gasteiger charge is 2.34. The Labute approximate surface area is 93.8 Å². The van der Waals surface area contributed by atoms with Crippen LogP contribution in [0, 0.1) is 6.92 Å². The van der Waals surface area contributed by atoms with Crippen molar-refractivity contribution in [3.8, 4) is 10.6 Å². The number of hydrogen-bond donors (Lipinski definition) is 0. The monoisotopic (exact) mass is 244 g/mol. The van der Waals surface area contributed by atoms with E-state index in [0.717, 1.165) is 16.6 Å². The summed E-state index contributed by atoms with van der Waals surface area (Å²) in [5.74, 6) is -1.10. The lowest BCUT2D eigenvalue weighted by atomic mass is 10.2. The van der Waals surface area contributed by atoms with Crippen LogP contribution in [-0.4, -0.2) is 9.97 Å². The summed E-state index contributed by atoms with van der Waals surface area (Å²) < 4.78 is 37.2. The highest BCUT2D eigenvalue weighted by Crippen LogP contribution is 2.30. The Morgan fingerprint density at radius 1 is 1.25 bits per heavy atom. The van der Waals surface area contributed by atoms with Gasteiger partial charge in [0.25, 0.3) is 0 Å². The third kappa shape index (κ3) is 2.06. The third-order valence-corrected chi connectivity index (χ3v) is 3.04. The van der Waals surface area contributed by atoms with Gasteiger partial charge < -0.3 is 0 Å². The first-order valence-corrected chi connectivity index (χ1v) is 5.31. The molecule has 0 amide bonds. The minimum Gasteiger partial charge on any atom is -0.233 e. The van der Waals surface area contributed by atoms with E-state index in [1.165, 1.54) is 17.4 Å². The topological polar surface area (TPSA) is 25.8 Å². The van der Waals surface area contributed by atoms with Crippen LogP contribution >= 0.6 is 11.3 Å². The molecule has 0 saturated carbocycles. The lowest BCUT2D eigenvalue weighted by Gasteiger charge is -2.05. The van der Waals surface area contributed by atoms with Gasteiger partial charge in [0.15, 0.2) is 0 Å². The summed E-state index contributed by atoms with van der Waals surface area (Å²) in [4.78, 5) is 7.48. The molecule has 0 aliphatic carbocycles. The van der Waals surface area contributed by atoms with Gasteiger partial charge in [0.05, 0.1) is 10.6 Å². The minimum atomic E-state index is -4.50. The summed E-state index contributed by atoms with van der Waals surface area (Å²) in [6.45, 7) is 1.83. The van der Waals surface area contributed by atoms with E-state index in [1.807, 2.05) is 18.4 Å². The summed E-state index contributed by atoms with van der Waals surface area (Å²) in [5, 5.41) is 1.82. The Morgan fingerprint density at radius 3 is 2.56 bits per heavy atom. The highest BCUT2D eigenvalue weighted by molar-refractivity contribution is 7.13. The largest absolute Gasteiger partial charge is 0.451 e. The van der Waals surface area contributed by atoms with Gasteiger partial charge >= 0.3 is 6.18 Å². The van der Waals surface area contributed by atoms with Gasteiger partial charge in [-0.2, -0.15) is 13.2 Å². The van der Waals surface area contributed by atoms with Gasteiger partial charge in [-0.1, -0.05) is 0 Å². The minimum absolute atomic E-state index is 0.315. The van der Waals surface area contributed by atoms with E-state index >= 15 is 0 Å². The van der Waals surface area contributed by atoms with E-state index in [0.29, 0.717) is 5.69 Å². The number of aryl methyl sites for hydroxylation is 1. The quantitative estimate of drug-likeness (QED) is 0.766. The zero-order valence-corrected chi connectivity index (χ0v) is 9.06. The lowest BCUT2D eigenvalue weighted by Crippen LogP contribution is -2.10. The number of nitrogens with zero attached hydrogens (tertiary/aromatic N) is 2. The van der Waals surface area contributed by atoms with Crippen molar-refractivity contribution in [2.75, 3.05) is 0 Å². The lowest BCUT2D eigenvalue weighted by molar-refractivity contribution is -0.144. The maximum absolute atomic E-state index is 12.4. The smallest absolute Gasteiger partial charge is 0.233 e. The average Bonchev–Trinajstić information content (AvgIpc) is 2.63. The number of thiophene rings is 1. The van der Waals surface area contributed by atoms with E-state index in [-0.39, 0.29) is 0 Å². The van der Waals surface area contributed by atoms with Crippen LogP contribution in [0.5, 0.6) is 0 Å². The van der Waals surface area contributed by atoms with Crippen LogP contribution in [0.25, 0.3) is 10.6 Å². The highest BCUT2D eigenvalue weighted by atomic mass is 32.1. The molecule has 0 atom stereocenters. The molecule has 0 fully saturated rings. The molecule has 0 bridgehead atoms. The fourth-order valence-corrected chi connectivity index (χ4v) is 2.15. The first-order chi connectivity index (χ1) is 7.48. The van der Waals surface area contributed by atoms with Crippen LogP contribution in [0.4, 0.5) is 13.2 Å². The van der Waals surface area contributed by atoms with Crippen LogP contribution < -0.4 is 0 Å². The summed E-state index contributed by atoms with van der Waals surface area (Å²) >= 11 is 1.36. The Balaban J connectivity index is 2.49. The molecular weight excluding hydrogens is 237 g/mol. The molecule has 84 valence electrons. The van der Waals surface area contributed by atoms with Gasteiger partial charge in [-0.05, 0) is 30.0 Å². The van der Waals surface area contributed by atoms with E-state index in [2.05, 4.69) is 9.97 Å². The molecule has 2 heterocycles. The SMILES string of the molecule is Cc1ccsc1-c1ccnc(C(F)(F)F)n1. The predicted molar refractivity (Wildman–Crippen MR) is 55.1 cm³/mol. The summed E-state index contributed by atoms with van der Waals surface area (Å²) in [6, 6.07) is 3.32. The van der Waals surface area contributed by atoms with E-state index in [9.17, 15) is 13.2 Å². The summed E-state index contributed by atoms with van der Waals surface area (Å²) in [7, 11) is 0. The van der Waals surface area contributed by atoms with Gasteiger partial charge in [0.1, 0.15) is 0 Å². The van der Waals surface area contributed by atoms with Crippen molar-refractivity contribution in [1.29, 1.82) is 0 Å². The molecule has 6 heteroatoms. The van der Waals surface area contributed by atoms with Crippen LogP contribution in [-0.2, 0) is 6.18 Å². The molecule has 0 radical (unpaired) electrons. The number of rotatable bonds is 1. The van der Waals surface area contributed by atoms with E-state index < -0.39 is 12.0 Å². The second-order valence-electron chi connectivity index (χ2n) is 3.20. The molecule has 0 spiro atoms. The van der Waals surface area contributed by atoms with Crippen molar-refractivity contribution in [2.24, 2.45) is 0 Å². The van der Waals surface area contributed by atoms with Crippen molar-refractivity contribution in [2.45, 2.75) is 13.1 Å². The molecule has 2 rings (SSSR count). The third-order valence-electron chi connectivity index (χ3n) is 2.00. The zero-order chi connectivity index (χ0) is 11.8. The fourth-order valence-electron chi connectivity index (χ4n) is 1.26. The first-order valence-electron chi connectivity index (χ1n) is 4.43. The molecule has 16 heavy (non-hydrogen) atoms. The molecule has 0 saturated heterocycles. The molecule has 0 aliphatic rings. The van der Waals surface area contributed by atoms with E-state index in [1.54, 1.807) is 0 Å². The Bertz CT molecular complexity index is 505. The molecule has 0 unspecified atom stereocenters. The maximum Gasteiger partial charge on any atom is 0.451 e. The standard InChI is InChI=1S/C10H7F3N2S/c1-6-3-5-16-8(6)7-2-4-14-9(15-7)10(11,12)13/h2-5H,1H3. The Hall–Kier alpha value is -1.43. The number of hydrogen-bond acceptors (Lipinski definition) is 3. The molecule has 2 aromatic rings. The molecule has 0 aromatic carbocycles. The number of aromatic nitrogens is 2. The van der Waals surface area contributed by atoms with Gasteiger partial charge in [0, 0.05) is 6.20 Å². The van der Waals surface area contributed by atoms with Crippen molar-refractivity contribution < 1.29 is 13.2 Å². The van der Waals surface area contributed by atoms with Crippen LogP contribution in [0.3, 0.4) is 0 Å². The van der Waals surface area contributed by atoms with Crippen LogP contribution in [0.15, 0.2) is 23.7 Å². The second kappa shape index (κ2) is 3.86. The van der Waals surface area contributed by atoms with E-state index in [4.69, 9.17) is 0 Å². The normalized spacial score (nSPS) is 11.8. The first kappa shape index (κ1) is 11.1. The second-order valence-corrected chi connectivity index (χ2v) is 4.11. The van der Waals surface area contributed by atoms with Crippen LogP contribution in [0.1, 0.15) is 11.4 Å². The maximum atomic E-state index is 12.4. The summed E-state index contributed by atoms with van der Waals surface area (Å²) in [5.41, 5.74) is 1.23. The fraction of sp³-hybridized carbons (Fsp3) is 0.200. The molecular formula is C10H7F3N2S. The van der Waals surface area contributed by atoms with Gasteiger partial charge in [-0.3, -0.25) is 0 Å². The molecule has 0 N–H and O–H groups in total. The van der Waals surface area contributed by atoms with Gasteiger partial charge in [-0.25, -0.2) is 9.97 Å². The predicted octanol–water partition coefficient (Wildman–Crippen LogP) is 3.53. The van der Waals surface area contributed by atoms with Gasteiger partial charge in [-0.15, -0.1) is 11.3 Å². The molecule has 0 aliphatic heterocycles. The van der Waals surface area contributed by atoms with Gasteiger partial charge in [0.2, 0.25) is 5.82 Å². The van der Waals surface area contributed by atoms with Crippen molar-refractivity contribution >= 4 is 11.3 Å². The van der Waals surface area contributed by atoms with Crippen molar-refractivity contribution in [3.63, 3.8) is 0 Å².